The van der Waals surface area contributed by atoms with Crippen LogP contribution in [0.15, 0.2) is 29.4 Å². The highest BCUT2D eigenvalue weighted by Gasteiger charge is 2.33. The molecule has 1 unspecified atom stereocenters. The van der Waals surface area contributed by atoms with Gasteiger partial charge in [0.15, 0.2) is 5.16 Å². The van der Waals surface area contributed by atoms with E-state index < -0.39 is 18.0 Å². The van der Waals surface area contributed by atoms with E-state index in [4.69, 9.17) is 4.74 Å². The summed E-state index contributed by atoms with van der Waals surface area (Å²) < 4.78 is 45.8. The van der Waals surface area contributed by atoms with Gasteiger partial charge in [-0.05, 0) is 25.5 Å². The number of carbonyl (C=O) groups excluding carboxylic acids is 1. The topological polar surface area (TPSA) is 72.3 Å². The van der Waals surface area contributed by atoms with E-state index in [2.05, 4.69) is 15.5 Å². The number of morpholine rings is 1. The molecule has 29 heavy (non-hydrogen) atoms. The van der Waals surface area contributed by atoms with Crippen LogP contribution < -0.4 is 10.2 Å². The van der Waals surface area contributed by atoms with Crippen LogP contribution in [0.25, 0.3) is 0 Å². The van der Waals surface area contributed by atoms with Crippen molar-refractivity contribution >= 4 is 29.3 Å². The first-order valence-electron chi connectivity index (χ1n) is 9.10. The minimum absolute atomic E-state index is 0.0521. The number of thioether (sulfide) groups is 1. The third-order valence-electron chi connectivity index (χ3n) is 4.38. The van der Waals surface area contributed by atoms with Crippen molar-refractivity contribution in [1.29, 1.82) is 0 Å². The van der Waals surface area contributed by atoms with E-state index in [9.17, 15) is 18.0 Å². The van der Waals surface area contributed by atoms with Gasteiger partial charge in [-0.25, -0.2) is 0 Å². The fourth-order valence-electron chi connectivity index (χ4n) is 2.84. The number of aromatic nitrogens is 3. The number of hydrogen-bond donors (Lipinski definition) is 1. The highest BCUT2D eigenvalue weighted by molar-refractivity contribution is 8.00. The third kappa shape index (κ3) is 5.63. The Labute approximate surface area is 170 Å². The molecule has 7 nitrogen and oxygen atoms in total. The molecule has 1 aromatic heterocycles. The van der Waals surface area contributed by atoms with Crippen LogP contribution in [0.4, 0.5) is 24.8 Å². The van der Waals surface area contributed by atoms with Gasteiger partial charge in [-0.15, -0.1) is 10.2 Å². The largest absolute Gasteiger partial charge is 0.406 e. The molecule has 0 bridgehead atoms. The Morgan fingerprint density at radius 1 is 1.28 bits per heavy atom. The quantitative estimate of drug-likeness (QED) is 0.712. The molecule has 1 aromatic carbocycles. The van der Waals surface area contributed by atoms with Gasteiger partial charge in [0.25, 0.3) is 0 Å². The zero-order valence-corrected chi connectivity index (χ0v) is 16.9. The average molecular weight is 429 g/mol. The second-order valence-corrected chi connectivity index (χ2v) is 7.96. The van der Waals surface area contributed by atoms with Gasteiger partial charge in [0, 0.05) is 18.8 Å². The fourth-order valence-corrected chi connectivity index (χ4v) is 3.69. The minimum Gasteiger partial charge on any atom is -0.378 e. The normalized spacial score (nSPS) is 16.0. The van der Waals surface area contributed by atoms with Crippen LogP contribution in [0.3, 0.4) is 0 Å². The molecule has 11 heteroatoms. The van der Waals surface area contributed by atoms with Crippen molar-refractivity contribution in [3.63, 3.8) is 0 Å². The number of benzene rings is 1. The number of aryl methyl sites for hydroxylation is 1. The molecule has 3 rings (SSSR count). The Morgan fingerprint density at radius 3 is 2.62 bits per heavy atom. The SMILES string of the molecule is Cc1ccccc1NC(=O)C(C)Sc1nnc(N2CCOCC2)n1CC(F)(F)F. The first-order valence-corrected chi connectivity index (χ1v) is 9.98. The van der Waals surface area contributed by atoms with E-state index >= 15 is 0 Å². The number of anilines is 2. The van der Waals surface area contributed by atoms with Crippen molar-refractivity contribution in [2.24, 2.45) is 0 Å². The molecule has 158 valence electrons. The maximum Gasteiger partial charge on any atom is 0.406 e. The molecule has 1 aliphatic rings. The Balaban J connectivity index is 1.77. The molecular weight excluding hydrogens is 407 g/mol. The van der Waals surface area contributed by atoms with Crippen LogP contribution >= 0.6 is 11.8 Å². The first-order chi connectivity index (χ1) is 13.7. The van der Waals surface area contributed by atoms with Crippen molar-refractivity contribution in [3.8, 4) is 0 Å². The van der Waals surface area contributed by atoms with Crippen LogP contribution in [0.2, 0.25) is 0 Å². The van der Waals surface area contributed by atoms with Gasteiger partial charge in [-0.1, -0.05) is 30.0 Å². The lowest BCUT2D eigenvalue weighted by Crippen LogP contribution is -2.38. The van der Waals surface area contributed by atoms with Crippen molar-refractivity contribution < 1.29 is 22.7 Å². The lowest BCUT2D eigenvalue weighted by molar-refractivity contribution is -0.141. The monoisotopic (exact) mass is 429 g/mol. The molecule has 0 spiro atoms. The van der Waals surface area contributed by atoms with Gasteiger partial charge in [-0.3, -0.25) is 9.36 Å². The van der Waals surface area contributed by atoms with Crippen LogP contribution in [-0.2, 0) is 16.1 Å². The lowest BCUT2D eigenvalue weighted by atomic mass is 10.2. The number of rotatable bonds is 6. The van der Waals surface area contributed by atoms with E-state index in [0.717, 1.165) is 21.9 Å². The number of alkyl halides is 3. The number of amides is 1. The lowest BCUT2D eigenvalue weighted by Gasteiger charge is -2.28. The van der Waals surface area contributed by atoms with E-state index in [0.29, 0.717) is 32.0 Å². The molecular formula is C18H22F3N5O2S. The molecule has 1 atom stereocenters. The van der Waals surface area contributed by atoms with E-state index in [-0.39, 0.29) is 17.0 Å². The molecule has 1 saturated heterocycles. The summed E-state index contributed by atoms with van der Waals surface area (Å²) in [4.78, 5) is 14.2. The summed E-state index contributed by atoms with van der Waals surface area (Å²) in [6, 6.07) is 7.29. The Hall–Kier alpha value is -2.27. The number of halogens is 3. The number of nitrogens with one attached hydrogen (secondary N) is 1. The Morgan fingerprint density at radius 2 is 1.97 bits per heavy atom. The summed E-state index contributed by atoms with van der Waals surface area (Å²) >= 11 is 0.948. The maximum absolute atomic E-state index is 13.2. The summed E-state index contributed by atoms with van der Waals surface area (Å²) in [5, 5.41) is 10.1. The number of ether oxygens (including phenoxy) is 1. The Kier molecular flexibility index (Phi) is 6.68. The summed E-state index contributed by atoms with van der Waals surface area (Å²) in [5.41, 5.74) is 1.56. The molecule has 1 N–H and O–H groups in total. The van der Waals surface area contributed by atoms with E-state index in [1.54, 1.807) is 24.0 Å². The molecule has 2 heterocycles. The van der Waals surface area contributed by atoms with Gasteiger partial charge in [-0.2, -0.15) is 13.2 Å². The smallest absolute Gasteiger partial charge is 0.378 e. The first kappa shape index (κ1) is 21.4. The van der Waals surface area contributed by atoms with Gasteiger partial charge < -0.3 is 15.0 Å². The highest BCUT2D eigenvalue weighted by atomic mass is 32.2. The van der Waals surface area contributed by atoms with Crippen LogP contribution in [0, 0.1) is 6.92 Å². The standard InChI is InChI=1S/C18H22F3N5O2S/c1-12-5-3-4-6-14(12)22-15(27)13(2)29-17-24-23-16(25-7-9-28-10-8-25)26(17)11-18(19,20)21/h3-6,13H,7-11H2,1-2H3,(H,22,27). The average Bonchev–Trinajstić information content (AvgIpc) is 3.04. The summed E-state index contributed by atoms with van der Waals surface area (Å²) in [7, 11) is 0. The van der Waals surface area contributed by atoms with Gasteiger partial charge in [0.2, 0.25) is 11.9 Å². The zero-order chi connectivity index (χ0) is 21.0. The van der Waals surface area contributed by atoms with Crippen LogP contribution in [-0.4, -0.2) is 58.4 Å². The molecule has 1 fully saturated rings. The van der Waals surface area contributed by atoms with Gasteiger partial charge in [0.1, 0.15) is 6.54 Å². The van der Waals surface area contributed by atoms with E-state index in [1.165, 1.54) is 0 Å². The highest BCUT2D eigenvalue weighted by Crippen LogP contribution is 2.30. The predicted octanol–water partition coefficient (Wildman–Crippen LogP) is 3.10. The second-order valence-electron chi connectivity index (χ2n) is 6.65. The predicted molar refractivity (Wildman–Crippen MR) is 104 cm³/mol. The summed E-state index contributed by atoms with van der Waals surface area (Å²) in [6.07, 6.45) is -4.44. The molecule has 2 aromatic rings. The van der Waals surface area contributed by atoms with Crippen molar-refractivity contribution in [2.75, 3.05) is 36.5 Å². The zero-order valence-electron chi connectivity index (χ0n) is 16.1. The van der Waals surface area contributed by atoms with Crippen LogP contribution in [0.5, 0.6) is 0 Å². The second kappa shape index (κ2) is 9.04. The molecule has 1 amide bonds. The summed E-state index contributed by atoms with van der Waals surface area (Å²) in [5.74, 6) is -0.182. The van der Waals surface area contributed by atoms with Crippen LogP contribution in [0.1, 0.15) is 12.5 Å². The molecule has 0 radical (unpaired) electrons. The van der Waals surface area contributed by atoms with E-state index in [1.807, 2.05) is 19.1 Å². The molecule has 0 saturated carbocycles. The number of nitrogens with zero attached hydrogens (tertiary/aromatic N) is 4. The fraction of sp³-hybridized carbons (Fsp3) is 0.500. The molecule has 1 aliphatic heterocycles. The van der Waals surface area contributed by atoms with Crippen molar-refractivity contribution in [3.05, 3.63) is 29.8 Å². The van der Waals surface area contributed by atoms with Gasteiger partial charge >= 0.3 is 6.18 Å². The van der Waals surface area contributed by atoms with Gasteiger partial charge in [0.05, 0.1) is 18.5 Å². The molecule has 0 aliphatic carbocycles. The summed E-state index contributed by atoms with van der Waals surface area (Å²) in [6.45, 7) is 3.96. The Bertz CT molecular complexity index is 852. The maximum atomic E-state index is 13.2. The number of para-hydroxylation sites is 1. The van der Waals surface area contributed by atoms with Crippen molar-refractivity contribution in [1.82, 2.24) is 14.8 Å². The third-order valence-corrected chi connectivity index (χ3v) is 5.46. The van der Waals surface area contributed by atoms with Crippen molar-refractivity contribution in [2.45, 2.75) is 37.0 Å². The minimum atomic E-state index is -4.44. The number of carbonyl (C=O) groups is 1. The number of hydrogen-bond acceptors (Lipinski definition) is 6.